The molecule has 0 unspecified atom stereocenters. The summed E-state index contributed by atoms with van der Waals surface area (Å²) in [6.07, 6.45) is 0. The van der Waals surface area contributed by atoms with Crippen LogP contribution < -0.4 is 0 Å². The van der Waals surface area contributed by atoms with Crippen molar-refractivity contribution >= 4 is 23.2 Å². The number of nitrogens with one attached hydrogen (secondary N) is 1. The van der Waals surface area contributed by atoms with Crippen LogP contribution in [-0.2, 0) is 0 Å². The van der Waals surface area contributed by atoms with E-state index in [-0.39, 0.29) is 0 Å². The fourth-order valence-corrected chi connectivity index (χ4v) is 1.34. The van der Waals surface area contributed by atoms with Crippen molar-refractivity contribution in [2.24, 2.45) is 0 Å². The predicted octanol–water partition coefficient (Wildman–Crippen LogP) is 1.57. The Hall–Kier alpha value is -1.20. The Labute approximate surface area is 83.1 Å². The fraction of sp³-hybridized carbons (Fsp3) is 0. The maximum Gasteiger partial charge on any atom is 0.204 e. The van der Waals surface area contributed by atoms with Gasteiger partial charge in [-0.1, -0.05) is 23.2 Å². The molecule has 0 aliphatic heterocycles. The number of H-pyrrole nitrogens is 1. The van der Waals surface area contributed by atoms with Gasteiger partial charge in [-0.25, -0.2) is 4.98 Å². The van der Waals surface area contributed by atoms with Gasteiger partial charge in [0.05, 0.1) is 0 Å². The first-order chi connectivity index (χ1) is 6.25. The maximum atomic E-state index is 5.69. The molecule has 2 aromatic heterocycles. The molecule has 5 nitrogen and oxygen atoms in total. The summed E-state index contributed by atoms with van der Waals surface area (Å²) in [7, 11) is 0. The number of aromatic amines is 1. The van der Waals surface area contributed by atoms with Crippen LogP contribution in [-0.4, -0.2) is 25.6 Å². The molecular weight excluding hydrogens is 213 g/mol. The summed E-state index contributed by atoms with van der Waals surface area (Å²) in [5.41, 5.74) is 0.679. The lowest BCUT2D eigenvalue weighted by Crippen LogP contribution is -1.84. The fourth-order valence-electron chi connectivity index (χ4n) is 0.878. The van der Waals surface area contributed by atoms with Gasteiger partial charge in [-0.3, -0.25) is 0 Å². The van der Waals surface area contributed by atoms with E-state index in [9.17, 15) is 0 Å². The molecule has 0 saturated carbocycles. The zero-order chi connectivity index (χ0) is 9.26. The van der Waals surface area contributed by atoms with Crippen LogP contribution >= 0.6 is 23.2 Å². The Morgan fingerprint density at radius 1 is 1.15 bits per heavy atom. The summed E-state index contributed by atoms with van der Waals surface area (Å²) in [6, 6.07) is 3.22. The van der Waals surface area contributed by atoms with Crippen molar-refractivity contribution in [3.63, 3.8) is 0 Å². The van der Waals surface area contributed by atoms with E-state index in [0.29, 0.717) is 21.7 Å². The Bertz CT molecular complexity index is 393. The van der Waals surface area contributed by atoms with E-state index in [4.69, 9.17) is 23.2 Å². The molecular formula is C6H3Cl2N5. The summed E-state index contributed by atoms with van der Waals surface area (Å²) in [6.45, 7) is 0. The topological polar surface area (TPSA) is 67.3 Å². The lowest BCUT2D eigenvalue weighted by molar-refractivity contribution is 0.881. The molecule has 0 saturated heterocycles. The zero-order valence-electron chi connectivity index (χ0n) is 6.20. The molecule has 0 aliphatic rings. The number of pyridine rings is 1. The molecule has 0 fully saturated rings. The second-order valence-electron chi connectivity index (χ2n) is 2.24. The molecule has 7 heteroatoms. The standard InChI is InChI=1S/C6H3Cl2N5/c7-4-1-3(2-5(8)9-4)6-10-12-13-11-6/h1-2H,(H,10,11,12,13). The average Bonchev–Trinajstić information content (AvgIpc) is 2.53. The van der Waals surface area contributed by atoms with E-state index in [2.05, 4.69) is 25.6 Å². The second-order valence-corrected chi connectivity index (χ2v) is 3.01. The van der Waals surface area contributed by atoms with E-state index in [1.807, 2.05) is 0 Å². The Morgan fingerprint density at radius 2 is 1.85 bits per heavy atom. The van der Waals surface area contributed by atoms with Crippen molar-refractivity contribution in [1.82, 2.24) is 25.6 Å². The number of hydrogen-bond acceptors (Lipinski definition) is 4. The highest BCUT2D eigenvalue weighted by Crippen LogP contribution is 2.20. The van der Waals surface area contributed by atoms with Crippen molar-refractivity contribution in [3.8, 4) is 11.4 Å². The quantitative estimate of drug-likeness (QED) is 0.734. The third-order valence-corrected chi connectivity index (χ3v) is 1.75. The van der Waals surface area contributed by atoms with Crippen LogP contribution in [0.15, 0.2) is 12.1 Å². The molecule has 0 aromatic carbocycles. The van der Waals surface area contributed by atoms with Crippen LogP contribution in [0, 0.1) is 0 Å². The highest BCUT2D eigenvalue weighted by Gasteiger charge is 2.05. The minimum atomic E-state index is 0.298. The summed E-state index contributed by atoms with van der Waals surface area (Å²) < 4.78 is 0. The molecule has 0 radical (unpaired) electrons. The predicted molar refractivity (Wildman–Crippen MR) is 47.4 cm³/mol. The van der Waals surface area contributed by atoms with Gasteiger partial charge in [0, 0.05) is 5.56 Å². The number of hydrogen-bond donors (Lipinski definition) is 1. The van der Waals surface area contributed by atoms with Gasteiger partial charge in [0.1, 0.15) is 10.3 Å². The van der Waals surface area contributed by atoms with Gasteiger partial charge in [-0.2, -0.15) is 5.21 Å². The molecule has 0 amide bonds. The van der Waals surface area contributed by atoms with E-state index in [0.717, 1.165) is 0 Å². The highest BCUT2D eigenvalue weighted by molar-refractivity contribution is 6.32. The number of nitrogens with zero attached hydrogens (tertiary/aromatic N) is 4. The van der Waals surface area contributed by atoms with Gasteiger partial charge >= 0.3 is 0 Å². The van der Waals surface area contributed by atoms with Crippen molar-refractivity contribution < 1.29 is 0 Å². The number of halogens is 2. The van der Waals surface area contributed by atoms with Crippen LogP contribution in [0.1, 0.15) is 0 Å². The van der Waals surface area contributed by atoms with Gasteiger partial charge in [0.15, 0.2) is 0 Å². The third-order valence-electron chi connectivity index (χ3n) is 1.37. The van der Waals surface area contributed by atoms with Crippen LogP contribution in [0.5, 0.6) is 0 Å². The first-order valence-electron chi connectivity index (χ1n) is 3.32. The minimum Gasteiger partial charge on any atom is -0.224 e. The Morgan fingerprint density at radius 3 is 2.38 bits per heavy atom. The second kappa shape index (κ2) is 3.27. The monoisotopic (exact) mass is 215 g/mol. The molecule has 0 spiro atoms. The summed E-state index contributed by atoms with van der Waals surface area (Å²) >= 11 is 11.4. The smallest absolute Gasteiger partial charge is 0.204 e. The van der Waals surface area contributed by atoms with Gasteiger partial charge < -0.3 is 0 Å². The van der Waals surface area contributed by atoms with Crippen LogP contribution in [0.2, 0.25) is 10.3 Å². The van der Waals surface area contributed by atoms with E-state index in [1.165, 1.54) is 0 Å². The van der Waals surface area contributed by atoms with Gasteiger partial charge in [-0.05, 0) is 17.3 Å². The number of tetrazole rings is 1. The highest BCUT2D eigenvalue weighted by atomic mass is 35.5. The molecule has 2 rings (SSSR count). The van der Waals surface area contributed by atoms with E-state index in [1.54, 1.807) is 12.1 Å². The average molecular weight is 216 g/mol. The van der Waals surface area contributed by atoms with Gasteiger partial charge in [0.25, 0.3) is 0 Å². The molecule has 0 aliphatic carbocycles. The third kappa shape index (κ3) is 1.76. The van der Waals surface area contributed by atoms with Crippen molar-refractivity contribution in [3.05, 3.63) is 22.4 Å². The van der Waals surface area contributed by atoms with Gasteiger partial charge in [0.2, 0.25) is 5.82 Å². The normalized spacial score (nSPS) is 10.3. The zero-order valence-corrected chi connectivity index (χ0v) is 7.71. The molecule has 0 bridgehead atoms. The lowest BCUT2D eigenvalue weighted by Gasteiger charge is -1.95. The number of aromatic nitrogens is 5. The van der Waals surface area contributed by atoms with E-state index < -0.39 is 0 Å². The van der Waals surface area contributed by atoms with Crippen LogP contribution in [0.25, 0.3) is 11.4 Å². The molecule has 0 atom stereocenters. The van der Waals surface area contributed by atoms with E-state index >= 15 is 0 Å². The largest absolute Gasteiger partial charge is 0.224 e. The molecule has 1 N–H and O–H groups in total. The van der Waals surface area contributed by atoms with Crippen LogP contribution in [0.4, 0.5) is 0 Å². The van der Waals surface area contributed by atoms with Crippen molar-refractivity contribution in [2.75, 3.05) is 0 Å². The first kappa shape index (κ1) is 8.40. The molecule has 66 valence electrons. The van der Waals surface area contributed by atoms with Crippen molar-refractivity contribution in [1.29, 1.82) is 0 Å². The van der Waals surface area contributed by atoms with Crippen LogP contribution in [0.3, 0.4) is 0 Å². The molecule has 2 heterocycles. The van der Waals surface area contributed by atoms with Crippen molar-refractivity contribution in [2.45, 2.75) is 0 Å². The SMILES string of the molecule is Clc1cc(-c2nn[nH]n2)cc(Cl)n1. The summed E-state index contributed by atoms with van der Waals surface area (Å²) in [4.78, 5) is 3.79. The Balaban J connectivity index is 2.53. The summed E-state index contributed by atoms with van der Waals surface area (Å²) in [5, 5.41) is 13.9. The molecule has 13 heavy (non-hydrogen) atoms. The molecule has 2 aromatic rings. The summed E-state index contributed by atoms with van der Waals surface area (Å²) in [5.74, 6) is 0.436. The maximum absolute atomic E-state index is 5.69. The Kier molecular flexibility index (Phi) is 2.12. The lowest BCUT2D eigenvalue weighted by atomic mass is 10.2. The van der Waals surface area contributed by atoms with Gasteiger partial charge in [-0.15, -0.1) is 10.2 Å². The minimum absolute atomic E-state index is 0.298. The first-order valence-corrected chi connectivity index (χ1v) is 4.08. The number of rotatable bonds is 1.